The molecule has 1 saturated heterocycles. The van der Waals surface area contributed by atoms with Gasteiger partial charge in [0.1, 0.15) is 6.07 Å². The fourth-order valence-corrected chi connectivity index (χ4v) is 3.48. The van der Waals surface area contributed by atoms with Crippen LogP contribution in [0, 0.1) is 11.3 Å². The van der Waals surface area contributed by atoms with E-state index in [9.17, 15) is 0 Å². The van der Waals surface area contributed by atoms with Crippen molar-refractivity contribution in [1.29, 1.82) is 5.26 Å². The number of thiophene rings is 1. The first kappa shape index (κ1) is 14.5. The fraction of sp³-hybridized carbons (Fsp3) is 0.667. The Labute approximate surface area is 119 Å². The zero-order valence-electron chi connectivity index (χ0n) is 11.7. The maximum absolute atomic E-state index is 8.82. The van der Waals surface area contributed by atoms with Crippen molar-refractivity contribution in [3.63, 3.8) is 0 Å². The van der Waals surface area contributed by atoms with Crippen molar-refractivity contribution in [3.05, 3.63) is 21.9 Å². The van der Waals surface area contributed by atoms with Crippen LogP contribution in [0.25, 0.3) is 0 Å². The molecule has 1 aliphatic rings. The van der Waals surface area contributed by atoms with Gasteiger partial charge in [0.05, 0.1) is 11.2 Å². The first-order valence-corrected chi connectivity index (χ1v) is 7.94. The molecule has 2 heterocycles. The van der Waals surface area contributed by atoms with Crippen molar-refractivity contribution >= 4 is 11.3 Å². The molecule has 0 aromatic carbocycles. The highest BCUT2D eigenvalue weighted by atomic mass is 32.1. The van der Waals surface area contributed by atoms with Gasteiger partial charge in [0.25, 0.3) is 0 Å². The van der Waals surface area contributed by atoms with Gasteiger partial charge >= 0.3 is 0 Å². The number of ether oxygens (including phenoxy) is 1. The molecule has 1 atom stereocenters. The third-order valence-corrected chi connectivity index (χ3v) is 5.07. The summed E-state index contributed by atoms with van der Waals surface area (Å²) in [5.41, 5.74) is 0.841. The Kier molecular flexibility index (Phi) is 4.98. The van der Waals surface area contributed by atoms with Gasteiger partial charge in [-0.2, -0.15) is 5.26 Å². The topological polar surface area (TPSA) is 45.0 Å². The molecule has 19 heavy (non-hydrogen) atoms. The van der Waals surface area contributed by atoms with Crippen LogP contribution >= 0.6 is 11.3 Å². The van der Waals surface area contributed by atoms with Gasteiger partial charge < -0.3 is 10.1 Å². The van der Waals surface area contributed by atoms with E-state index in [1.807, 2.05) is 11.4 Å². The highest BCUT2D eigenvalue weighted by Gasteiger charge is 2.34. The largest absolute Gasteiger partial charge is 0.375 e. The maximum Gasteiger partial charge on any atom is 0.100 e. The van der Waals surface area contributed by atoms with Crippen molar-refractivity contribution in [2.45, 2.75) is 57.7 Å². The molecule has 1 N–H and O–H groups in total. The predicted octanol–water partition coefficient (Wildman–Crippen LogP) is 3.45. The smallest absolute Gasteiger partial charge is 0.100 e. The summed E-state index contributed by atoms with van der Waals surface area (Å²) in [5, 5.41) is 14.4. The lowest BCUT2D eigenvalue weighted by atomic mass is 9.86. The Bertz CT molecular complexity index is 445. The molecule has 104 valence electrons. The predicted molar refractivity (Wildman–Crippen MR) is 78.2 cm³/mol. The minimum absolute atomic E-state index is 0.0726. The van der Waals surface area contributed by atoms with Gasteiger partial charge in [0.15, 0.2) is 0 Å². The number of hydrogen-bond donors (Lipinski definition) is 1. The molecule has 0 bridgehead atoms. The lowest BCUT2D eigenvalue weighted by Gasteiger charge is -2.40. The van der Waals surface area contributed by atoms with Crippen molar-refractivity contribution < 1.29 is 4.74 Å². The van der Waals surface area contributed by atoms with Crippen molar-refractivity contribution in [2.24, 2.45) is 0 Å². The van der Waals surface area contributed by atoms with E-state index < -0.39 is 0 Å². The fourth-order valence-electron chi connectivity index (χ4n) is 2.72. The Morgan fingerprint density at radius 1 is 1.53 bits per heavy atom. The van der Waals surface area contributed by atoms with Crippen LogP contribution in [-0.2, 0) is 11.3 Å². The van der Waals surface area contributed by atoms with Crippen LogP contribution in [0.3, 0.4) is 0 Å². The Balaban J connectivity index is 1.87. The van der Waals surface area contributed by atoms with E-state index in [4.69, 9.17) is 10.00 Å². The van der Waals surface area contributed by atoms with Gasteiger partial charge in [-0.1, -0.05) is 13.8 Å². The third kappa shape index (κ3) is 3.56. The zero-order chi connectivity index (χ0) is 13.7. The molecule has 0 spiro atoms. The molecule has 4 heteroatoms. The number of rotatable bonds is 5. The van der Waals surface area contributed by atoms with E-state index in [1.165, 1.54) is 4.88 Å². The SMILES string of the molecule is CCC1(CC)CC(NCc2cc(C#N)cs2)CCO1. The second-order valence-electron chi connectivity index (χ2n) is 5.22. The Hall–Kier alpha value is -0.890. The molecular weight excluding hydrogens is 256 g/mol. The average Bonchev–Trinajstić information content (AvgIpc) is 2.93. The van der Waals surface area contributed by atoms with E-state index in [2.05, 4.69) is 25.2 Å². The van der Waals surface area contributed by atoms with Crippen LogP contribution in [0.1, 0.15) is 50.0 Å². The first-order chi connectivity index (χ1) is 9.21. The number of nitrogens with one attached hydrogen (secondary N) is 1. The van der Waals surface area contributed by atoms with E-state index in [0.717, 1.165) is 44.4 Å². The summed E-state index contributed by atoms with van der Waals surface area (Å²) in [4.78, 5) is 1.24. The highest BCUT2D eigenvalue weighted by molar-refractivity contribution is 7.10. The average molecular weight is 278 g/mol. The molecule has 1 unspecified atom stereocenters. The molecule has 0 saturated carbocycles. The van der Waals surface area contributed by atoms with Gasteiger partial charge in [0.2, 0.25) is 0 Å². The third-order valence-electron chi connectivity index (χ3n) is 4.13. The number of hydrogen-bond acceptors (Lipinski definition) is 4. The summed E-state index contributed by atoms with van der Waals surface area (Å²) in [6.45, 7) is 6.14. The van der Waals surface area contributed by atoms with Crippen molar-refractivity contribution in [3.8, 4) is 6.07 Å². The molecule has 0 amide bonds. The minimum atomic E-state index is 0.0726. The van der Waals surface area contributed by atoms with E-state index in [-0.39, 0.29) is 5.60 Å². The zero-order valence-corrected chi connectivity index (χ0v) is 12.6. The van der Waals surface area contributed by atoms with Crippen molar-refractivity contribution in [2.75, 3.05) is 6.61 Å². The lowest BCUT2D eigenvalue weighted by Crippen LogP contribution is -2.46. The Morgan fingerprint density at radius 2 is 2.32 bits per heavy atom. The second kappa shape index (κ2) is 6.51. The van der Waals surface area contributed by atoms with E-state index in [1.54, 1.807) is 11.3 Å². The van der Waals surface area contributed by atoms with Crippen LogP contribution in [0.15, 0.2) is 11.4 Å². The van der Waals surface area contributed by atoms with Crippen LogP contribution in [0.4, 0.5) is 0 Å². The van der Waals surface area contributed by atoms with Gasteiger partial charge in [0, 0.05) is 29.5 Å². The van der Waals surface area contributed by atoms with Gasteiger partial charge in [-0.25, -0.2) is 0 Å². The van der Waals surface area contributed by atoms with Crippen LogP contribution in [0.5, 0.6) is 0 Å². The first-order valence-electron chi connectivity index (χ1n) is 7.06. The number of nitrogens with zero attached hydrogens (tertiary/aromatic N) is 1. The van der Waals surface area contributed by atoms with Crippen LogP contribution < -0.4 is 5.32 Å². The quantitative estimate of drug-likeness (QED) is 0.897. The van der Waals surface area contributed by atoms with Crippen LogP contribution in [-0.4, -0.2) is 18.2 Å². The van der Waals surface area contributed by atoms with Gasteiger partial charge in [-0.3, -0.25) is 0 Å². The van der Waals surface area contributed by atoms with E-state index in [0.29, 0.717) is 6.04 Å². The second-order valence-corrected chi connectivity index (χ2v) is 6.22. The molecule has 0 aliphatic carbocycles. The molecule has 1 aromatic rings. The molecule has 0 radical (unpaired) electrons. The summed E-state index contributed by atoms with van der Waals surface area (Å²) in [6, 6.07) is 4.68. The highest BCUT2D eigenvalue weighted by Crippen LogP contribution is 2.31. The standard InChI is InChI=1S/C15H22N2OS/c1-3-15(4-2)8-13(5-6-18-15)17-10-14-7-12(9-16)11-19-14/h7,11,13,17H,3-6,8,10H2,1-2H3. The minimum Gasteiger partial charge on any atom is -0.375 e. The summed E-state index contributed by atoms with van der Waals surface area (Å²) < 4.78 is 5.99. The summed E-state index contributed by atoms with van der Waals surface area (Å²) in [6.07, 6.45) is 4.34. The summed E-state index contributed by atoms with van der Waals surface area (Å²) in [7, 11) is 0. The molecule has 2 rings (SSSR count). The molecular formula is C15H22N2OS. The maximum atomic E-state index is 8.82. The molecule has 1 aliphatic heterocycles. The normalized spacial score (nSPS) is 22.1. The molecule has 3 nitrogen and oxygen atoms in total. The summed E-state index contributed by atoms with van der Waals surface area (Å²) in [5.74, 6) is 0. The Morgan fingerprint density at radius 3 is 2.95 bits per heavy atom. The summed E-state index contributed by atoms with van der Waals surface area (Å²) >= 11 is 1.66. The molecule has 1 fully saturated rings. The van der Waals surface area contributed by atoms with Crippen molar-refractivity contribution in [1.82, 2.24) is 5.32 Å². The van der Waals surface area contributed by atoms with Crippen LogP contribution in [0.2, 0.25) is 0 Å². The number of nitriles is 1. The van der Waals surface area contributed by atoms with Gasteiger partial charge in [-0.15, -0.1) is 11.3 Å². The van der Waals surface area contributed by atoms with Gasteiger partial charge in [-0.05, 0) is 31.7 Å². The van der Waals surface area contributed by atoms with E-state index >= 15 is 0 Å². The lowest BCUT2D eigenvalue weighted by molar-refractivity contribution is -0.0931. The monoisotopic (exact) mass is 278 g/mol. The molecule has 1 aromatic heterocycles.